The second-order valence-electron chi connectivity index (χ2n) is 5.11. The fourth-order valence-electron chi connectivity index (χ4n) is 2.59. The first kappa shape index (κ1) is 16.4. The Morgan fingerprint density at radius 3 is 2.95 bits per heavy atom. The number of ether oxygens (including phenoxy) is 1. The summed E-state index contributed by atoms with van der Waals surface area (Å²) in [5, 5.41) is 6.01. The number of hydrogen-bond donors (Lipinski definition) is 2. The Bertz CT molecular complexity index is 249. The molecule has 1 saturated heterocycles. The second kappa shape index (κ2) is 10.2. The zero-order valence-corrected chi connectivity index (χ0v) is 12.4. The van der Waals surface area contributed by atoms with Crippen molar-refractivity contribution in [1.29, 1.82) is 0 Å². The maximum atomic E-state index is 11.6. The lowest BCUT2D eigenvalue weighted by Gasteiger charge is -2.35. The molecule has 1 atom stereocenters. The van der Waals surface area contributed by atoms with E-state index in [1.807, 2.05) is 0 Å². The van der Waals surface area contributed by atoms with Crippen LogP contribution in [-0.2, 0) is 9.53 Å². The quantitative estimate of drug-likeness (QED) is 0.603. The number of nitrogens with one attached hydrogen (secondary N) is 2. The number of methoxy groups -OCH3 is 1. The molecule has 0 aliphatic carbocycles. The molecule has 0 aromatic heterocycles. The maximum Gasteiger partial charge on any atom is 0.234 e. The summed E-state index contributed by atoms with van der Waals surface area (Å²) in [7, 11) is 1.66. The highest BCUT2D eigenvalue weighted by Crippen LogP contribution is 2.18. The first-order valence-electron chi connectivity index (χ1n) is 7.48. The average Bonchev–Trinajstić information content (AvgIpc) is 2.44. The molecular formula is C14H29N3O2. The largest absolute Gasteiger partial charge is 0.383 e. The molecule has 1 aliphatic heterocycles. The van der Waals surface area contributed by atoms with E-state index < -0.39 is 0 Å². The van der Waals surface area contributed by atoms with Crippen molar-refractivity contribution < 1.29 is 9.53 Å². The van der Waals surface area contributed by atoms with Crippen LogP contribution in [0.4, 0.5) is 0 Å². The van der Waals surface area contributed by atoms with Crippen LogP contribution in [0.3, 0.4) is 0 Å². The Balaban J connectivity index is 2.06. The third-order valence-corrected chi connectivity index (χ3v) is 3.71. The third-order valence-electron chi connectivity index (χ3n) is 3.71. The number of hydrogen-bond acceptors (Lipinski definition) is 4. The zero-order valence-electron chi connectivity index (χ0n) is 12.4. The molecule has 19 heavy (non-hydrogen) atoms. The van der Waals surface area contributed by atoms with Crippen LogP contribution in [0.25, 0.3) is 0 Å². The molecule has 5 heteroatoms. The Kier molecular flexibility index (Phi) is 8.79. The SMILES string of the molecule is CCC1CCCCN1CCNC(=O)CNCCOC. The minimum absolute atomic E-state index is 0.0705. The molecule has 5 nitrogen and oxygen atoms in total. The van der Waals surface area contributed by atoms with Gasteiger partial charge in [-0.15, -0.1) is 0 Å². The summed E-state index contributed by atoms with van der Waals surface area (Å²) in [4.78, 5) is 14.1. The lowest BCUT2D eigenvalue weighted by Crippen LogP contribution is -2.44. The van der Waals surface area contributed by atoms with Crippen LogP contribution in [0.15, 0.2) is 0 Å². The molecule has 112 valence electrons. The lowest BCUT2D eigenvalue weighted by atomic mass is 10.0. The number of carbonyl (C=O) groups excluding carboxylic acids is 1. The molecule has 0 radical (unpaired) electrons. The molecule has 1 unspecified atom stereocenters. The predicted molar refractivity (Wildman–Crippen MR) is 77.3 cm³/mol. The highest BCUT2D eigenvalue weighted by atomic mass is 16.5. The minimum atomic E-state index is 0.0705. The van der Waals surface area contributed by atoms with Crippen molar-refractivity contribution in [3.05, 3.63) is 0 Å². The first-order chi connectivity index (χ1) is 9.27. The molecule has 0 spiro atoms. The number of nitrogens with zero attached hydrogens (tertiary/aromatic N) is 1. The fraction of sp³-hybridized carbons (Fsp3) is 0.929. The standard InChI is InChI=1S/C14H29N3O2/c1-3-13-6-4-5-9-17(13)10-7-16-14(18)12-15-8-11-19-2/h13,15H,3-12H2,1-2H3,(H,16,18). The third kappa shape index (κ3) is 6.89. The van der Waals surface area contributed by atoms with Gasteiger partial charge < -0.3 is 15.4 Å². The van der Waals surface area contributed by atoms with Gasteiger partial charge in [-0.1, -0.05) is 13.3 Å². The molecule has 0 aromatic carbocycles. The van der Waals surface area contributed by atoms with Gasteiger partial charge in [0.05, 0.1) is 13.2 Å². The van der Waals surface area contributed by atoms with Gasteiger partial charge in [0.2, 0.25) is 5.91 Å². The van der Waals surface area contributed by atoms with Crippen molar-refractivity contribution in [2.45, 2.75) is 38.6 Å². The molecule has 0 bridgehead atoms. The molecule has 1 aliphatic rings. The molecule has 0 aromatic rings. The van der Waals surface area contributed by atoms with Gasteiger partial charge in [-0.25, -0.2) is 0 Å². The highest BCUT2D eigenvalue weighted by Gasteiger charge is 2.19. The average molecular weight is 271 g/mol. The van der Waals surface area contributed by atoms with Gasteiger partial charge in [0.25, 0.3) is 0 Å². The molecule has 1 amide bonds. The van der Waals surface area contributed by atoms with Gasteiger partial charge in [-0.05, 0) is 25.8 Å². The van der Waals surface area contributed by atoms with Crippen LogP contribution < -0.4 is 10.6 Å². The summed E-state index contributed by atoms with van der Waals surface area (Å²) in [6.45, 7) is 6.89. The summed E-state index contributed by atoms with van der Waals surface area (Å²) < 4.78 is 4.91. The van der Waals surface area contributed by atoms with E-state index in [4.69, 9.17) is 4.74 Å². The van der Waals surface area contributed by atoms with E-state index in [1.165, 1.54) is 32.2 Å². The maximum absolute atomic E-state index is 11.6. The van der Waals surface area contributed by atoms with E-state index >= 15 is 0 Å². The van der Waals surface area contributed by atoms with Crippen LogP contribution in [0, 0.1) is 0 Å². The predicted octanol–water partition coefficient (Wildman–Crippen LogP) is 0.603. The van der Waals surface area contributed by atoms with Gasteiger partial charge in [0.1, 0.15) is 0 Å². The topological polar surface area (TPSA) is 53.6 Å². The molecular weight excluding hydrogens is 242 g/mol. The van der Waals surface area contributed by atoms with Gasteiger partial charge in [-0.3, -0.25) is 9.69 Å². The molecule has 1 rings (SSSR count). The Hall–Kier alpha value is -0.650. The minimum Gasteiger partial charge on any atom is -0.383 e. The monoisotopic (exact) mass is 271 g/mol. The normalized spacial score (nSPS) is 20.4. The lowest BCUT2D eigenvalue weighted by molar-refractivity contribution is -0.120. The number of piperidine rings is 1. The van der Waals surface area contributed by atoms with Crippen LogP contribution in [0.5, 0.6) is 0 Å². The van der Waals surface area contributed by atoms with Crippen molar-refractivity contribution in [3.63, 3.8) is 0 Å². The van der Waals surface area contributed by atoms with E-state index in [-0.39, 0.29) is 5.91 Å². The van der Waals surface area contributed by atoms with Gasteiger partial charge in [0, 0.05) is 32.8 Å². The van der Waals surface area contributed by atoms with Crippen molar-refractivity contribution in [1.82, 2.24) is 15.5 Å². The van der Waals surface area contributed by atoms with E-state index in [1.54, 1.807) is 7.11 Å². The van der Waals surface area contributed by atoms with Gasteiger partial charge in [-0.2, -0.15) is 0 Å². The summed E-state index contributed by atoms with van der Waals surface area (Å²) in [5.74, 6) is 0.0705. The van der Waals surface area contributed by atoms with Crippen LogP contribution in [-0.4, -0.2) is 63.3 Å². The van der Waals surface area contributed by atoms with E-state index in [0.29, 0.717) is 25.7 Å². The van der Waals surface area contributed by atoms with E-state index in [9.17, 15) is 4.79 Å². The van der Waals surface area contributed by atoms with Crippen LogP contribution in [0.2, 0.25) is 0 Å². The van der Waals surface area contributed by atoms with Crippen molar-refractivity contribution in [3.8, 4) is 0 Å². The summed E-state index contributed by atoms with van der Waals surface area (Å²) in [5.41, 5.74) is 0. The first-order valence-corrected chi connectivity index (χ1v) is 7.48. The highest BCUT2D eigenvalue weighted by molar-refractivity contribution is 5.77. The molecule has 2 N–H and O–H groups in total. The summed E-state index contributed by atoms with van der Waals surface area (Å²) in [6.07, 6.45) is 5.17. The van der Waals surface area contributed by atoms with Gasteiger partial charge >= 0.3 is 0 Å². The number of amides is 1. The Morgan fingerprint density at radius 1 is 1.37 bits per heavy atom. The van der Waals surface area contributed by atoms with Crippen molar-refractivity contribution in [2.24, 2.45) is 0 Å². The number of carbonyl (C=O) groups is 1. The Morgan fingerprint density at radius 2 is 2.21 bits per heavy atom. The number of rotatable bonds is 9. The molecule has 1 heterocycles. The van der Waals surface area contributed by atoms with Crippen molar-refractivity contribution in [2.75, 3.05) is 46.4 Å². The Labute approximate surface area is 117 Å². The second-order valence-corrected chi connectivity index (χ2v) is 5.11. The summed E-state index contributed by atoms with van der Waals surface area (Å²) in [6, 6.07) is 0.713. The van der Waals surface area contributed by atoms with E-state index in [0.717, 1.165) is 13.1 Å². The van der Waals surface area contributed by atoms with Gasteiger partial charge in [0.15, 0.2) is 0 Å². The number of likely N-dealkylation sites (tertiary alicyclic amines) is 1. The fourth-order valence-corrected chi connectivity index (χ4v) is 2.59. The van der Waals surface area contributed by atoms with E-state index in [2.05, 4.69) is 22.5 Å². The molecule has 0 saturated carbocycles. The van der Waals surface area contributed by atoms with Crippen LogP contribution in [0.1, 0.15) is 32.6 Å². The zero-order chi connectivity index (χ0) is 13.9. The summed E-state index contributed by atoms with van der Waals surface area (Å²) >= 11 is 0. The van der Waals surface area contributed by atoms with Crippen molar-refractivity contribution >= 4 is 5.91 Å². The molecule has 1 fully saturated rings. The van der Waals surface area contributed by atoms with Crippen LogP contribution >= 0.6 is 0 Å². The smallest absolute Gasteiger partial charge is 0.234 e.